The summed E-state index contributed by atoms with van der Waals surface area (Å²) in [6.07, 6.45) is 0.451. The quantitative estimate of drug-likeness (QED) is 0.576. The minimum absolute atomic E-state index is 0.0311. The van der Waals surface area contributed by atoms with E-state index >= 15 is 0 Å². The lowest BCUT2D eigenvalue weighted by atomic mass is 10.0. The van der Waals surface area contributed by atoms with E-state index in [9.17, 15) is 24.0 Å². The lowest BCUT2D eigenvalue weighted by molar-refractivity contribution is -0.136. The van der Waals surface area contributed by atoms with Gasteiger partial charge in [0.1, 0.15) is 6.04 Å². The molecule has 0 bridgehead atoms. The average Bonchev–Trinajstić information content (AvgIpc) is 2.84. The van der Waals surface area contributed by atoms with Crippen LogP contribution in [0.5, 0.6) is 0 Å². The Morgan fingerprint density at radius 2 is 1.93 bits per heavy atom. The van der Waals surface area contributed by atoms with E-state index in [1.54, 1.807) is 0 Å². The van der Waals surface area contributed by atoms with Crippen LogP contribution >= 0.6 is 0 Å². The summed E-state index contributed by atoms with van der Waals surface area (Å²) in [7, 11) is 0. The third kappa shape index (κ3) is 2.78. The van der Waals surface area contributed by atoms with Crippen molar-refractivity contribution in [1.29, 1.82) is 0 Å². The molecular formula is C17H16N4O6. The summed E-state index contributed by atoms with van der Waals surface area (Å²) in [5, 5.41) is 2.14. The van der Waals surface area contributed by atoms with Gasteiger partial charge in [-0.1, -0.05) is 6.07 Å². The number of likely N-dealkylation sites (tertiary alicyclic amines) is 1. The van der Waals surface area contributed by atoms with Gasteiger partial charge in [-0.25, -0.2) is 10.3 Å². The van der Waals surface area contributed by atoms with Crippen LogP contribution in [0.25, 0.3) is 0 Å². The molecule has 2 saturated heterocycles. The predicted octanol–water partition coefficient (Wildman–Crippen LogP) is 0.257. The number of fused-ring (bicyclic) bond motifs is 1. The van der Waals surface area contributed by atoms with Crippen LogP contribution in [0.2, 0.25) is 0 Å². The molecule has 0 aliphatic carbocycles. The van der Waals surface area contributed by atoms with Gasteiger partial charge in [-0.15, -0.1) is 0 Å². The Balaban J connectivity index is 1.56. The third-order valence-electron chi connectivity index (χ3n) is 4.83. The van der Waals surface area contributed by atoms with Crippen molar-refractivity contribution in [3.63, 3.8) is 0 Å². The lowest BCUT2D eigenvalue weighted by Gasteiger charge is -2.29. The fourth-order valence-corrected chi connectivity index (χ4v) is 3.26. The van der Waals surface area contributed by atoms with Gasteiger partial charge in [-0.3, -0.25) is 29.4 Å². The Labute approximate surface area is 153 Å². The molecule has 0 spiro atoms. The highest BCUT2D eigenvalue weighted by Crippen LogP contribution is 2.32. The van der Waals surface area contributed by atoms with Gasteiger partial charge in [0, 0.05) is 19.5 Å². The van der Waals surface area contributed by atoms with Gasteiger partial charge < -0.3 is 9.74 Å². The second-order valence-corrected chi connectivity index (χ2v) is 6.49. The van der Waals surface area contributed by atoms with Gasteiger partial charge in [0.25, 0.3) is 11.8 Å². The first-order valence-corrected chi connectivity index (χ1v) is 8.53. The zero-order valence-electron chi connectivity index (χ0n) is 14.2. The number of nitrogens with zero attached hydrogens (tertiary/aromatic N) is 2. The van der Waals surface area contributed by atoms with Crippen molar-refractivity contribution in [3.8, 4) is 0 Å². The highest BCUT2D eigenvalue weighted by molar-refractivity contribution is 6.25. The minimum Gasteiger partial charge on any atom is -0.324 e. The number of piperidine rings is 1. The molecule has 4 rings (SSSR count). The zero-order valence-corrected chi connectivity index (χ0v) is 14.2. The van der Waals surface area contributed by atoms with Crippen molar-refractivity contribution in [2.45, 2.75) is 25.3 Å². The van der Waals surface area contributed by atoms with Gasteiger partial charge in [0.05, 0.1) is 16.8 Å². The van der Waals surface area contributed by atoms with Crippen molar-refractivity contribution >= 4 is 35.4 Å². The molecule has 2 fully saturated rings. The molecule has 3 aliphatic rings. The monoisotopic (exact) mass is 372 g/mol. The highest BCUT2D eigenvalue weighted by Gasteiger charge is 2.45. The Kier molecular flexibility index (Phi) is 4.02. The molecule has 1 atom stereocenters. The van der Waals surface area contributed by atoms with Crippen LogP contribution in [0, 0.1) is 0 Å². The van der Waals surface area contributed by atoms with Crippen molar-refractivity contribution in [2.75, 3.05) is 18.6 Å². The molecule has 1 unspecified atom stereocenters. The van der Waals surface area contributed by atoms with E-state index in [0.29, 0.717) is 13.1 Å². The second kappa shape index (κ2) is 6.38. The SMILES string of the molecule is O=C1CCC(N2C(=O)c3cccc(NOC(=O)N4CCC4)c3C2=O)C(=O)N1. The van der Waals surface area contributed by atoms with E-state index in [2.05, 4.69) is 10.8 Å². The fourth-order valence-electron chi connectivity index (χ4n) is 3.26. The van der Waals surface area contributed by atoms with E-state index in [-0.39, 0.29) is 29.7 Å². The number of imide groups is 2. The van der Waals surface area contributed by atoms with Gasteiger partial charge >= 0.3 is 6.09 Å². The molecular weight excluding hydrogens is 356 g/mol. The fraction of sp³-hybridized carbons (Fsp3) is 0.353. The molecule has 27 heavy (non-hydrogen) atoms. The summed E-state index contributed by atoms with van der Waals surface area (Å²) in [5.41, 5.74) is 2.74. The molecule has 1 aromatic rings. The Hall–Kier alpha value is -3.43. The molecule has 5 amide bonds. The third-order valence-corrected chi connectivity index (χ3v) is 4.83. The molecule has 10 heteroatoms. The van der Waals surface area contributed by atoms with Crippen molar-refractivity contribution in [3.05, 3.63) is 29.3 Å². The number of carbonyl (C=O) groups is 5. The maximum Gasteiger partial charge on any atom is 0.434 e. The summed E-state index contributed by atoms with van der Waals surface area (Å²) in [5.74, 6) is -2.41. The number of anilines is 1. The maximum absolute atomic E-state index is 12.8. The normalized spacial score (nSPS) is 21.6. The molecule has 1 aromatic carbocycles. The van der Waals surface area contributed by atoms with Crippen LogP contribution in [-0.4, -0.2) is 58.7 Å². The first-order valence-electron chi connectivity index (χ1n) is 8.53. The predicted molar refractivity (Wildman–Crippen MR) is 89.4 cm³/mol. The van der Waals surface area contributed by atoms with E-state index in [4.69, 9.17) is 4.84 Å². The number of benzene rings is 1. The molecule has 0 saturated carbocycles. The summed E-state index contributed by atoms with van der Waals surface area (Å²) in [4.78, 5) is 68.1. The van der Waals surface area contributed by atoms with Crippen molar-refractivity contribution < 1.29 is 28.8 Å². The number of hydrogen-bond acceptors (Lipinski definition) is 7. The molecule has 3 heterocycles. The molecule has 10 nitrogen and oxygen atoms in total. The molecule has 140 valence electrons. The summed E-state index contributed by atoms with van der Waals surface area (Å²) >= 11 is 0. The van der Waals surface area contributed by atoms with Gasteiger partial charge in [0.15, 0.2) is 0 Å². The topological polar surface area (TPSA) is 125 Å². The number of nitrogens with one attached hydrogen (secondary N) is 2. The summed E-state index contributed by atoms with van der Waals surface area (Å²) in [6, 6.07) is 3.45. The Morgan fingerprint density at radius 1 is 1.15 bits per heavy atom. The van der Waals surface area contributed by atoms with Crippen LogP contribution in [-0.2, 0) is 14.4 Å². The highest BCUT2D eigenvalue weighted by atomic mass is 16.7. The van der Waals surface area contributed by atoms with Gasteiger partial charge in [0.2, 0.25) is 11.8 Å². The van der Waals surface area contributed by atoms with Crippen molar-refractivity contribution in [1.82, 2.24) is 15.1 Å². The molecule has 0 aromatic heterocycles. The van der Waals surface area contributed by atoms with Crippen LogP contribution in [0.4, 0.5) is 10.5 Å². The van der Waals surface area contributed by atoms with E-state index in [0.717, 1.165) is 11.3 Å². The molecule has 2 N–H and O–H groups in total. The number of rotatable bonds is 3. The van der Waals surface area contributed by atoms with Crippen LogP contribution in [0.1, 0.15) is 40.0 Å². The average molecular weight is 372 g/mol. The van der Waals surface area contributed by atoms with E-state index < -0.39 is 35.8 Å². The van der Waals surface area contributed by atoms with Gasteiger partial charge in [-0.2, -0.15) is 0 Å². The van der Waals surface area contributed by atoms with Crippen LogP contribution < -0.4 is 10.8 Å². The molecule has 0 radical (unpaired) electrons. The van der Waals surface area contributed by atoms with Crippen molar-refractivity contribution in [2.24, 2.45) is 0 Å². The maximum atomic E-state index is 12.8. The second-order valence-electron chi connectivity index (χ2n) is 6.49. The lowest BCUT2D eigenvalue weighted by Crippen LogP contribution is -2.54. The molecule has 3 aliphatic heterocycles. The summed E-state index contributed by atoms with van der Waals surface area (Å²) < 4.78 is 0. The summed E-state index contributed by atoms with van der Waals surface area (Å²) in [6.45, 7) is 1.21. The van der Waals surface area contributed by atoms with Crippen LogP contribution in [0.3, 0.4) is 0 Å². The van der Waals surface area contributed by atoms with Crippen LogP contribution in [0.15, 0.2) is 18.2 Å². The first kappa shape index (κ1) is 17.0. The van der Waals surface area contributed by atoms with E-state index in [1.807, 2.05) is 0 Å². The zero-order chi connectivity index (χ0) is 19.1. The minimum atomic E-state index is -1.05. The number of hydrogen-bond donors (Lipinski definition) is 2. The van der Waals surface area contributed by atoms with E-state index in [1.165, 1.54) is 23.1 Å². The first-order chi connectivity index (χ1) is 13.0. The largest absolute Gasteiger partial charge is 0.434 e. The Morgan fingerprint density at radius 3 is 2.59 bits per heavy atom. The standard InChI is InChI=1S/C17H16N4O6/c22-12-6-5-11(14(23)18-12)21-15(24)9-3-1-4-10(13(9)16(21)25)19-27-17(26)20-7-2-8-20/h1,3-4,11,19H,2,5-8H2,(H,18,22,23). The Bertz CT molecular complexity index is 878. The number of carbonyl (C=O) groups excluding carboxylic acids is 5. The smallest absolute Gasteiger partial charge is 0.324 e. The van der Waals surface area contributed by atoms with Gasteiger partial charge in [-0.05, 0) is 25.0 Å². The number of amides is 5.